The third-order valence-corrected chi connectivity index (χ3v) is 1.51. The molecule has 0 radical (unpaired) electrons. The number of amides is 1. The Morgan fingerprint density at radius 1 is 1.42 bits per heavy atom. The van der Waals surface area contributed by atoms with Crippen molar-refractivity contribution in [3.05, 3.63) is 35.9 Å². The van der Waals surface area contributed by atoms with Gasteiger partial charge >= 0.3 is 0 Å². The van der Waals surface area contributed by atoms with E-state index in [0.717, 1.165) is 0 Å². The van der Waals surface area contributed by atoms with Gasteiger partial charge in [-0.1, -0.05) is 30.3 Å². The molecule has 1 amide bonds. The van der Waals surface area contributed by atoms with Crippen LogP contribution in [0.15, 0.2) is 30.3 Å². The topological polar surface area (TPSA) is 75.3 Å². The number of nitrogens with two attached hydrogens (primary N) is 1. The van der Waals surface area contributed by atoms with Gasteiger partial charge in [-0.3, -0.25) is 10.2 Å². The Balaban J connectivity index is 2.78. The Labute approximate surface area is 70.0 Å². The number of rotatable bonds is 2. The van der Waals surface area contributed by atoms with Crippen molar-refractivity contribution >= 4 is 5.91 Å². The fraction of sp³-hybridized carbons (Fsp3) is 0.125. The van der Waals surface area contributed by atoms with Gasteiger partial charge in [-0.15, -0.1) is 0 Å². The lowest BCUT2D eigenvalue weighted by molar-refractivity contribution is -0.129. The molecule has 1 rings (SSSR count). The molecule has 0 aliphatic carbocycles. The second kappa shape index (κ2) is 3.85. The van der Waals surface area contributed by atoms with Crippen LogP contribution in [0.25, 0.3) is 0 Å². The van der Waals surface area contributed by atoms with Crippen molar-refractivity contribution in [2.75, 3.05) is 0 Å². The van der Waals surface area contributed by atoms with Gasteiger partial charge in [0.25, 0.3) is 5.91 Å². The molecule has 1 aromatic rings. The number of hydrogen-bond donors (Lipinski definition) is 3. The summed E-state index contributed by atoms with van der Waals surface area (Å²) in [7, 11) is 0. The number of carbonyl (C=O) groups is 1. The Bertz CT molecular complexity index is 261. The predicted molar refractivity (Wildman–Crippen MR) is 43.7 cm³/mol. The van der Waals surface area contributed by atoms with Crippen LogP contribution >= 0.6 is 0 Å². The quantitative estimate of drug-likeness (QED) is 0.321. The third kappa shape index (κ3) is 1.81. The monoisotopic (exact) mass is 166 g/mol. The number of benzene rings is 1. The van der Waals surface area contributed by atoms with Crippen LogP contribution in [-0.4, -0.2) is 11.0 Å². The minimum Gasteiger partial charge on any atom is -0.378 e. The van der Waals surface area contributed by atoms with Crippen molar-refractivity contribution in [3.63, 3.8) is 0 Å². The summed E-state index contributed by atoms with van der Waals surface area (Å²) >= 11 is 0. The van der Waals surface area contributed by atoms with Crippen LogP contribution in [0.3, 0.4) is 0 Å². The second-order valence-corrected chi connectivity index (χ2v) is 2.32. The van der Waals surface area contributed by atoms with Gasteiger partial charge in [0.2, 0.25) is 0 Å². The number of hydrogen-bond acceptors (Lipinski definition) is 3. The molecule has 0 aromatic heterocycles. The summed E-state index contributed by atoms with van der Waals surface area (Å²) in [5, 5.41) is 9.30. The van der Waals surface area contributed by atoms with Gasteiger partial charge in [-0.25, -0.2) is 5.84 Å². The molecule has 1 aromatic carbocycles. The van der Waals surface area contributed by atoms with Gasteiger partial charge in [-0.05, 0) is 5.56 Å². The lowest BCUT2D eigenvalue weighted by Gasteiger charge is -2.07. The Kier molecular flexibility index (Phi) is 2.79. The Morgan fingerprint density at radius 2 is 2.00 bits per heavy atom. The van der Waals surface area contributed by atoms with Crippen LogP contribution in [0.4, 0.5) is 0 Å². The molecule has 0 spiro atoms. The molecular weight excluding hydrogens is 156 g/mol. The number of hydrazine groups is 1. The van der Waals surface area contributed by atoms with Gasteiger partial charge in [0, 0.05) is 0 Å². The fourth-order valence-corrected chi connectivity index (χ4v) is 0.866. The first-order chi connectivity index (χ1) is 5.75. The molecule has 4 N–H and O–H groups in total. The average molecular weight is 166 g/mol. The van der Waals surface area contributed by atoms with Crippen LogP contribution in [0.2, 0.25) is 0 Å². The van der Waals surface area contributed by atoms with Gasteiger partial charge in [0.1, 0.15) is 0 Å². The highest BCUT2D eigenvalue weighted by molar-refractivity contribution is 5.81. The maximum absolute atomic E-state index is 10.8. The maximum atomic E-state index is 10.8. The molecule has 4 heteroatoms. The third-order valence-electron chi connectivity index (χ3n) is 1.51. The maximum Gasteiger partial charge on any atom is 0.267 e. The van der Waals surface area contributed by atoms with Crippen LogP contribution in [0.1, 0.15) is 11.7 Å². The molecule has 0 bridgehead atoms. The number of aliphatic hydroxyl groups is 1. The van der Waals surface area contributed by atoms with Crippen molar-refractivity contribution in [1.29, 1.82) is 0 Å². The first-order valence-electron chi connectivity index (χ1n) is 3.49. The fourth-order valence-electron chi connectivity index (χ4n) is 0.866. The second-order valence-electron chi connectivity index (χ2n) is 2.32. The van der Waals surface area contributed by atoms with Crippen LogP contribution in [0.5, 0.6) is 0 Å². The summed E-state index contributed by atoms with van der Waals surface area (Å²) in [4.78, 5) is 10.8. The number of nitrogens with one attached hydrogen (secondary N) is 1. The van der Waals surface area contributed by atoms with Gasteiger partial charge < -0.3 is 5.11 Å². The smallest absolute Gasteiger partial charge is 0.267 e. The van der Waals surface area contributed by atoms with Gasteiger partial charge in [-0.2, -0.15) is 0 Å². The van der Waals surface area contributed by atoms with E-state index in [1.165, 1.54) is 0 Å². The summed E-state index contributed by atoms with van der Waals surface area (Å²) in [5.74, 6) is 4.24. The standard InChI is InChI=1S/C8H10N2O2/c9-10-8(12)7(11)6-4-2-1-3-5-6/h1-5,7,11H,9H2,(H,10,12). The lowest BCUT2D eigenvalue weighted by atomic mass is 10.1. The van der Waals surface area contributed by atoms with Gasteiger partial charge in [0.15, 0.2) is 6.10 Å². The van der Waals surface area contributed by atoms with Crippen LogP contribution in [0, 0.1) is 0 Å². The molecule has 0 aliphatic heterocycles. The highest BCUT2D eigenvalue weighted by Gasteiger charge is 2.14. The van der Waals surface area contributed by atoms with Crippen molar-refractivity contribution in [2.24, 2.45) is 5.84 Å². The van der Waals surface area contributed by atoms with E-state index < -0.39 is 12.0 Å². The zero-order valence-electron chi connectivity index (χ0n) is 6.40. The summed E-state index contributed by atoms with van der Waals surface area (Å²) in [5.41, 5.74) is 2.40. The molecule has 0 saturated heterocycles. The van der Waals surface area contributed by atoms with Crippen LogP contribution < -0.4 is 11.3 Å². The van der Waals surface area contributed by atoms with Gasteiger partial charge in [0.05, 0.1) is 0 Å². The highest BCUT2D eigenvalue weighted by Crippen LogP contribution is 2.10. The van der Waals surface area contributed by atoms with E-state index in [2.05, 4.69) is 0 Å². The number of aliphatic hydroxyl groups excluding tert-OH is 1. The zero-order chi connectivity index (χ0) is 8.97. The Morgan fingerprint density at radius 3 is 2.50 bits per heavy atom. The summed E-state index contributed by atoms with van der Waals surface area (Å²) in [6.07, 6.45) is -1.18. The van der Waals surface area contributed by atoms with E-state index >= 15 is 0 Å². The van der Waals surface area contributed by atoms with Crippen LogP contribution in [-0.2, 0) is 4.79 Å². The van der Waals surface area contributed by atoms with E-state index in [4.69, 9.17) is 5.84 Å². The molecule has 1 unspecified atom stereocenters. The molecule has 12 heavy (non-hydrogen) atoms. The SMILES string of the molecule is NNC(=O)C(O)c1ccccc1. The van der Waals surface area contributed by atoms with Crippen molar-refractivity contribution in [1.82, 2.24) is 5.43 Å². The van der Waals surface area contributed by atoms with E-state index in [1.54, 1.807) is 30.3 Å². The molecule has 0 saturated carbocycles. The molecule has 4 nitrogen and oxygen atoms in total. The summed E-state index contributed by atoms with van der Waals surface area (Å²) in [6, 6.07) is 8.58. The summed E-state index contributed by atoms with van der Waals surface area (Å²) < 4.78 is 0. The first kappa shape index (κ1) is 8.70. The molecule has 1 atom stereocenters. The minimum absolute atomic E-state index is 0.528. The molecule has 0 fully saturated rings. The molecule has 64 valence electrons. The first-order valence-corrected chi connectivity index (χ1v) is 3.49. The normalized spacial score (nSPS) is 12.2. The van der Waals surface area contributed by atoms with E-state index in [1.807, 2.05) is 5.43 Å². The van der Waals surface area contributed by atoms with Crippen molar-refractivity contribution in [3.8, 4) is 0 Å². The lowest BCUT2D eigenvalue weighted by Crippen LogP contribution is -2.34. The largest absolute Gasteiger partial charge is 0.378 e. The van der Waals surface area contributed by atoms with E-state index in [-0.39, 0.29) is 0 Å². The van der Waals surface area contributed by atoms with Crippen molar-refractivity contribution in [2.45, 2.75) is 6.10 Å². The molecular formula is C8H10N2O2. The minimum atomic E-state index is -1.18. The summed E-state index contributed by atoms with van der Waals surface area (Å²) in [6.45, 7) is 0. The zero-order valence-corrected chi connectivity index (χ0v) is 6.40. The molecule has 0 aliphatic rings. The highest BCUT2D eigenvalue weighted by atomic mass is 16.3. The van der Waals surface area contributed by atoms with E-state index in [0.29, 0.717) is 5.56 Å². The molecule has 0 heterocycles. The van der Waals surface area contributed by atoms with E-state index in [9.17, 15) is 9.90 Å². The Hall–Kier alpha value is -1.39. The van der Waals surface area contributed by atoms with Crippen molar-refractivity contribution < 1.29 is 9.90 Å². The average Bonchev–Trinajstić information content (AvgIpc) is 2.17. The number of carbonyl (C=O) groups excluding carboxylic acids is 1. The predicted octanol–water partition coefficient (Wildman–Crippen LogP) is -0.290.